The highest BCUT2D eigenvalue weighted by molar-refractivity contribution is 5.79. The van der Waals surface area contributed by atoms with Crippen LogP contribution in [0.2, 0.25) is 0 Å². The average molecular weight is 311 g/mol. The Morgan fingerprint density at radius 2 is 2.30 bits per heavy atom. The summed E-state index contributed by atoms with van der Waals surface area (Å²) in [7, 11) is 1.69. The fraction of sp³-hybridized carbons (Fsp3) is 0.389. The molecule has 0 aliphatic carbocycles. The van der Waals surface area contributed by atoms with Crippen molar-refractivity contribution in [3.05, 3.63) is 48.7 Å². The Morgan fingerprint density at radius 1 is 1.35 bits per heavy atom. The smallest absolute Gasteiger partial charge is 0.134 e. The topological polar surface area (TPSA) is 43.4 Å². The van der Waals surface area contributed by atoms with Gasteiger partial charge < -0.3 is 13.7 Å². The van der Waals surface area contributed by atoms with E-state index in [-0.39, 0.29) is 0 Å². The van der Waals surface area contributed by atoms with Gasteiger partial charge in [-0.15, -0.1) is 0 Å². The molecule has 23 heavy (non-hydrogen) atoms. The van der Waals surface area contributed by atoms with Gasteiger partial charge in [0.15, 0.2) is 0 Å². The van der Waals surface area contributed by atoms with Crippen LogP contribution in [0.15, 0.2) is 47.4 Å². The number of aromatic nitrogens is 2. The third-order valence-electron chi connectivity index (χ3n) is 4.61. The Labute approximate surface area is 135 Å². The zero-order valence-electron chi connectivity index (χ0n) is 13.3. The summed E-state index contributed by atoms with van der Waals surface area (Å²) >= 11 is 0. The Morgan fingerprint density at radius 3 is 3.13 bits per heavy atom. The van der Waals surface area contributed by atoms with Gasteiger partial charge in [0.05, 0.1) is 20.0 Å². The van der Waals surface area contributed by atoms with Crippen molar-refractivity contribution in [3.8, 4) is 5.75 Å². The molecule has 1 aromatic carbocycles. The van der Waals surface area contributed by atoms with Crippen LogP contribution < -0.4 is 4.74 Å². The summed E-state index contributed by atoms with van der Waals surface area (Å²) in [6.07, 6.45) is 8.24. The Bertz CT molecular complexity index is 779. The molecule has 3 aromatic rings. The second-order valence-electron chi connectivity index (χ2n) is 6.14. The number of methoxy groups -OCH3 is 1. The first-order valence-electron chi connectivity index (χ1n) is 8.08. The zero-order valence-corrected chi connectivity index (χ0v) is 13.3. The Kier molecular flexibility index (Phi) is 3.79. The molecular weight excluding hydrogens is 290 g/mol. The molecule has 1 aliphatic heterocycles. The number of rotatable bonds is 5. The summed E-state index contributed by atoms with van der Waals surface area (Å²) in [6.45, 7) is 2.98. The number of ether oxygens (including phenoxy) is 1. The Hall–Kier alpha value is -2.27. The fourth-order valence-corrected chi connectivity index (χ4v) is 3.43. The lowest BCUT2D eigenvalue weighted by molar-refractivity contribution is 0.209. The number of fused-ring (bicyclic) bond motifs is 1. The number of nitrogens with zero attached hydrogens (tertiary/aromatic N) is 3. The summed E-state index contributed by atoms with van der Waals surface area (Å²) in [5.41, 5.74) is 0.922. The highest BCUT2D eigenvalue weighted by Gasteiger charge is 2.25. The van der Waals surface area contributed by atoms with Crippen molar-refractivity contribution in [2.75, 3.05) is 13.7 Å². The SMILES string of the molecule is COc1ccc2oc(CN3CCC[C@@H]3Cn3ccnc3)cc2c1. The number of hydrogen-bond acceptors (Lipinski definition) is 4. The third kappa shape index (κ3) is 2.97. The largest absolute Gasteiger partial charge is 0.497 e. The van der Waals surface area contributed by atoms with Crippen molar-refractivity contribution in [2.24, 2.45) is 0 Å². The minimum Gasteiger partial charge on any atom is -0.497 e. The second-order valence-corrected chi connectivity index (χ2v) is 6.14. The molecule has 1 atom stereocenters. The van der Waals surface area contributed by atoms with Crippen LogP contribution in [-0.2, 0) is 13.1 Å². The molecule has 1 fully saturated rings. The summed E-state index contributed by atoms with van der Waals surface area (Å²) in [5, 5.41) is 1.10. The van der Waals surface area contributed by atoms with Gasteiger partial charge in [-0.05, 0) is 43.7 Å². The van der Waals surface area contributed by atoms with E-state index < -0.39 is 0 Å². The maximum absolute atomic E-state index is 6.00. The molecule has 1 aliphatic rings. The predicted octanol–water partition coefficient (Wildman–Crippen LogP) is 3.30. The van der Waals surface area contributed by atoms with Gasteiger partial charge in [0.1, 0.15) is 17.1 Å². The normalized spacial score (nSPS) is 18.7. The van der Waals surface area contributed by atoms with Gasteiger partial charge in [0.2, 0.25) is 0 Å². The van der Waals surface area contributed by atoms with Crippen LogP contribution in [0, 0.1) is 0 Å². The van der Waals surface area contributed by atoms with E-state index in [9.17, 15) is 0 Å². The summed E-state index contributed by atoms with van der Waals surface area (Å²) in [6, 6.07) is 8.62. The monoisotopic (exact) mass is 311 g/mol. The van der Waals surface area contributed by atoms with Crippen molar-refractivity contribution < 1.29 is 9.15 Å². The maximum Gasteiger partial charge on any atom is 0.134 e. The van der Waals surface area contributed by atoms with E-state index in [0.717, 1.165) is 42.1 Å². The van der Waals surface area contributed by atoms with Gasteiger partial charge in [-0.25, -0.2) is 4.98 Å². The number of furan rings is 1. The molecule has 0 saturated carbocycles. The minimum absolute atomic E-state index is 0.548. The standard InChI is InChI=1S/C18H21N3O2/c1-22-16-4-5-18-14(9-16)10-17(23-18)12-21-7-2-3-15(21)11-20-8-6-19-13-20/h4-6,8-10,13,15H,2-3,7,11-12H2,1H3/t15-/m1/s1. The molecule has 120 valence electrons. The van der Waals surface area contributed by atoms with Crippen LogP contribution >= 0.6 is 0 Å². The van der Waals surface area contributed by atoms with E-state index in [1.54, 1.807) is 7.11 Å². The molecule has 0 N–H and O–H groups in total. The van der Waals surface area contributed by atoms with E-state index >= 15 is 0 Å². The first kappa shape index (κ1) is 14.3. The van der Waals surface area contributed by atoms with E-state index in [4.69, 9.17) is 9.15 Å². The van der Waals surface area contributed by atoms with Crippen molar-refractivity contribution in [2.45, 2.75) is 32.0 Å². The lowest BCUT2D eigenvalue weighted by atomic mass is 10.2. The van der Waals surface area contributed by atoms with Crippen LogP contribution in [0.4, 0.5) is 0 Å². The first-order chi connectivity index (χ1) is 11.3. The number of hydrogen-bond donors (Lipinski definition) is 0. The predicted molar refractivity (Wildman–Crippen MR) is 88.4 cm³/mol. The molecule has 0 unspecified atom stereocenters. The highest BCUT2D eigenvalue weighted by atomic mass is 16.5. The molecule has 4 rings (SSSR count). The zero-order chi connectivity index (χ0) is 15.6. The van der Waals surface area contributed by atoms with E-state index in [2.05, 4.69) is 20.5 Å². The van der Waals surface area contributed by atoms with Crippen LogP contribution in [-0.4, -0.2) is 34.1 Å². The molecule has 0 amide bonds. The summed E-state index contributed by atoms with van der Waals surface area (Å²) in [5.74, 6) is 1.88. The first-order valence-corrected chi connectivity index (χ1v) is 8.08. The number of likely N-dealkylation sites (tertiary alicyclic amines) is 1. The number of imidazole rings is 1. The maximum atomic E-state index is 6.00. The van der Waals surface area contributed by atoms with Crippen molar-refractivity contribution in [3.63, 3.8) is 0 Å². The summed E-state index contributed by atoms with van der Waals surface area (Å²) < 4.78 is 13.4. The van der Waals surface area contributed by atoms with Crippen LogP contribution in [0.5, 0.6) is 5.75 Å². The van der Waals surface area contributed by atoms with E-state index in [0.29, 0.717) is 6.04 Å². The second kappa shape index (κ2) is 6.08. The molecule has 2 aromatic heterocycles. The molecule has 5 heteroatoms. The quantitative estimate of drug-likeness (QED) is 0.725. The molecule has 0 spiro atoms. The van der Waals surface area contributed by atoms with Crippen LogP contribution in [0.3, 0.4) is 0 Å². The molecule has 0 radical (unpaired) electrons. The minimum atomic E-state index is 0.548. The van der Waals surface area contributed by atoms with E-state index in [1.165, 1.54) is 12.8 Å². The van der Waals surface area contributed by atoms with Gasteiger partial charge in [-0.1, -0.05) is 0 Å². The van der Waals surface area contributed by atoms with Gasteiger partial charge >= 0.3 is 0 Å². The molecule has 0 bridgehead atoms. The van der Waals surface area contributed by atoms with Crippen molar-refractivity contribution in [1.29, 1.82) is 0 Å². The van der Waals surface area contributed by atoms with Crippen molar-refractivity contribution >= 4 is 11.0 Å². The number of benzene rings is 1. The van der Waals surface area contributed by atoms with Gasteiger partial charge in [0, 0.05) is 30.4 Å². The third-order valence-corrected chi connectivity index (χ3v) is 4.61. The fourth-order valence-electron chi connectivity index (χ4n) is 3.43. The molecule has 3 heterocycles. The molecular formula is C18H21N3O2. The van der Waals surface area contributed by atoms with E-state index in [1.807, 2.05) is 36.9 Å². The summed E-state index contributed by atoms with van der Waals surface area (Å²) in [4.78, 5) is 6.64. The van der Waals surface area contributed by atoms with Crippen LogP contribution in [0.25, 0.3) is 11.0 Å². The Balaban J connectivity index is 1.50. The molecule has 5 nitrogen and oxygen atoms in total. The van der Waals surface area contributed by atoms with Gasteiger partial charge in [-0.2, -0.15) is 0 Å². The lowest BCUT2D eigenvalue weighted by Crippen LogP contribution is -2.32. The van der Waals surface area contributed by atoms with Crippen LogP contribution in [0.1, 0.15) is 18.6 Å². The van der Waals surface area contributed by atoms with Gasteiger partial charge in [0.25, 0.3) is 0 Å². The van der Waals surface area contributed by atoms with Crippen molar-refractivity contribution in [1.82, 2.24) is 14.5 Å². The highest BCUT2D eigenvalue weighted by Crippen LogP contribution is 2.27. The lowest BCUT2D eigenvalue weighted by Gasteiger charge is -2.23. The average Bonchev–Trinajstić information content (AvgIpc) is 3.29. The molecule has 1 saturated heterocycles. The van der Waals surface area contributed by atoms with Gasteiger partial charge in [-0.3, -0.25) is 4.90 Å².